The van der Waals surface area contributed by atoms with Gasteiger partial charge in [0.1, 0.15) is 28.9 Å². The maximum Gasteiger partial charge on any atom is 0.235 e. The summed E-state index contributed by atoms with van der Waals surface area (Å²) in [6.07, 6.45) is 5.93. The first-order chi connectivity index (χ1) is 13.2. The van der Waals surface area contributed by atoms with Crippen LogP contribution in [0.2, 0.25) is 0 Å². The summed E-state index contributed by atoms with van der Waals surface area (Å²) in [7, 11) is 0. The molecular formula is C19H18FN5OS. The number of carbonyl (C=O) groups is 1. The molecule has 0 saturated heterocycles. The fourth-order valence-corrected chi connectivity index (χ4v) is 3.94. The van der Waals surface area contributed by atoms with E-state index >= 15 is 0 Å². The highest BCUT2D eigenvalue weighted by molar-refractivity contribution is 8.03. The van der Waals surface area contributed by atoms with Gasteiger partial charge in [-0.3, -0.25) is 4.79 Å². The minimum absolute atomic E-state index is 0.0380. The number of hydrogen-bond donors (Lipinski definition) is 3. The second-order valence-electron chi connectivity index (χ2n) is 6.19. The van der Waals surface area contributed by atoms with E-state index in [-0.39, 0.29) is 23.0 Å². The number of rotatable bonds is 6. The highest BCUT2D eigenvalue weighted by Gasteiger charge is 2.30. The summed E-state index contributed by atoms with van der Waals surface area (Å²) in [5.41, 5.74) is 1.74. The van der Waals surface area contributed by atoms with Gasteiger partial charge < -0.3 is 15.6 Å². The molecule has 0 fully saturated rings. The molecule has 27 heavy (non-hydrogen) atoms. The molecule has 0 aliphatic carbocycles. The van der Waals surface area contributed by atoms with Crippen LogP contribution in [-0.2, 0) is 11.2 Å². The Morgan fingerprint density at radius 2 is 2.07 bits per heavy atom. The molecule has 2 atom stereocenters. The standard InChI is InChI=1S/C19H18FN5OS/c20-13-3-1-12(2-4-13)5-8-22-19(26)16-15(7-10-27-16)25-18-14-6-9-21-17(14)23-11-24-18/h1-4,6-7,9-11,15-16H,5,8H2,(H,22,26)(H2,21,23,24,25). The number of halogens is 1. The van der Waals surface area contributed by atoms with Crippen molar-refractivity contribution in [2.24, 2.45) is 0 Å². The lowest BCUT2D eigenvalue weighted by Crippen LogP contribution is -2.41. The summed E-state index contributed by atoms with van der Waals surface area (Å²) < 4.78 is 12.9. The molecule has 3 heterocycles. The summed E-state index contributed by atoms with van der Waals surface area (Å²) in [5.74, 6) is 0.401. The molecule has 2 aromatic heterocycles. The van der Waals surface area contributed by atoms with E-state index in [1.165, 1.54) is 30.2 Å². The molecule has 1 amide bonds. The minimum Gasteiger partial charge on any atom is -0.362 e. The maximum atomic E-state index is 12.9. The highest BCUT2D eigenvalue weighted by Crippen LogP contribution is 2.28. The van der Waals surface area contributed by atoms with Gasteiger partial charge in [0.05, 0.1) is 11.4 Å². The number of hydrogen-bond acceptors (Lipinski definition) is 5. The smallest absolute Gasteiger partial charge is 0.235 e. The van der Waals surface area contributed by atoms with Gasteiger partial charge in [0.2, 0.25) is 5.91 Å². The van der Waals surface area contributed by atoms with Crippen LogP contribution < -0.4 is 10.6 Å². The van der Waals surface area contributed by atoms with E-state index < -0.39 is 0 Å². The van der Waals surface area contributed by atoms with Crippen LogP contribution >= 0.6 is 11.8 Å². The van der Waals surface area contributed by atoms with Gasteiger partial charge in [0.25, 0.3) is 0 Å². The Balaban J connectivity index is 1.36. The zero-order valence-electron chi connectivity index (χ0n) is 14.4. The largest absolute Gasteiger partial charge is 0.362 e. The van der Waals surface area contributed by atoms with Crippen LogP contribution in [0.5, 0.6) is 0 Å². The number of H-pyrrole nitrogens is 1. The second kappa shape index (κ2) is 7.79. The van der Waals surface area contributed by atoms with Gasteiger partial charge in [-0.25, -0.2) is 14.4 Å². The second-order valence-corrected chi connectivity index (χ2v) is 7.24. The number of aromatic nitrogens is 3. The average molecular weight is 383 g/mol. The molecule has 1 aliphatic rings. The molecule has 138 valence electrons. The quantitative estimate of drug-likeness (QED) is 0.610. The van der Waals surface area contributed by atoms with Crippen molar-refractivity contribution in [1.29, 1.82) is 0 Å². The van der Waals surface area contributed by atoms with Crippen LogP contribution in [0.15, 0.2) is 54.3 Å². The fraction of sp³-hybridized carbons (Fsp3) is 0.211. The van der Waals surface area contributed by atoms with Gasteiger partial charge in [-0.15, -0.1) is 11.8 Å². The SMILES string of the molecule is O=C(NCCc1ccc(F)cc1)C1SC=CC1Nc1ncnc2[nH]ccc12. The van der Waals surface area contributed by atoms with E-state index in [1.54, 1.807) is 12.1 Å². The average Bonchev–Trinajstić information content (AvgIpc) is 3.33. The first kappa shape index (κ1) is 17.5. The Morgan fingerprint density at radius 1 is 1.22 bits per heavy atom. The molecular weight excluding hydrogens is 365 g/mol. The number of nitrogens with one attached hydrogen (secondary N) is 3. The molecule has 0 radical (unpaired) electrons. The number of nitrogens with zero attached hydrogens (tertiary/aromatic N) is 2. The van der Waals surface area contributed by atoms with Gasteiger partial charge in [0.15, 0.2) is 0 Å². The van der Waals surface area contributed by atoms with Crippen molar-refractivity contribution in [2.45, 2.75) is 17.7 Å². The number of aromatic amines is 1. The molecule has 1 aliphatic heterocycles. The summed E-state index contributed by atoms with van der Waals surface area (Å²) in [4.78, 5) is 24.1. The number of fused-ring (bicyclic) bond motifs is 1. The summed E-state index contributed by atoms with van der Waals surface area (Å²) in [6, 6.07) is 8.06. The molecule has 8 heteroatoms. The van der Waals surface area contributed by atoms with Crippen LogP contribution in [0.25, 0.3) is 11.0 Å². The Labute approximate surface area is 159 Å². The molecule has 3 N–H and O–H groups in total. The fourth-order valence-electron chi connectivity index (χ4n) is 2.98. The van der Waals surface area contributed by atoms with Gasteiger partial charge >= 0.3 is 0 Å². The third kappa shape index (κ3) is 3.95. The van der Waals surface area contributed by atoms with Gasteiger partial charge in [-0.2, -0.15) is 0 Å². The van der Waals surface area contributed by atoms with E-state index in [4.69, 9.17) is 0 Å². The number of benzene rings is 1. The third-order valence-electron chi connectivity index (χ3n) is 4.38. The van der Waals surface area contributed by atoms with Crippen molar-refractivity contribution in [3.05, 3.63) is 65.7 Å². The van der Waals surface area contributed by atoms with Gasteiger partial charge in [-0.1, -0.05) is 18.2 Å². The Kier molecular flexibility index (Phi) is 5.06. The first-order valence-electron chi connectivity index (χ1n) is 8.59. The normalized spacial score (nSPS) is 18.7. The summed E-state index contributed by atoms with van der Waals surface area (Å²) in [5, 5.41) is 8.84. The van der Waals surface area contributed by atoms with Crippen LogP contribution in [0.4, 0.5) is 10.2 Å². The van der Waals surface area contributed by atoms with Crippen molar-refractivity contribution in [3.63, 3.8) is 0 Å². The lowest BCUT2D eigenvalue weighted by molar-refractivity contribution is -0.120. The van der Waals surface area contributed by atoms with Crippen molar-refractivity contribution >= 4 is 34.5 Å². The summed E-state index contributed by atoms with van der Waals surface area (Å²) >= 11 is 1.48. The van der Waals surface area contributed by atoms with E-state index in [9.17, 15) is 9.18 Å². The Bertz CT molecular complexity index is 972. The van der Waals surface area contributed by atoms with Crippen LogP contribution in [0.1, 0.15) is 5.56 Å². The zero-order valence-corrected chi connectivity index (χ0v) is 15.2. The Morgan fingerprint density at radius 3 is 2.93 bits per heavy atom. The van der Waals surface area contributed by atoms with Crippen molar-refractivity contribution < 1.29 is 9.18 Å². The molecule has 0 saturated carbocycles. The van der Waals surface area contributed by atoms with Crippen LogP contribution in [-0.4, -0.2) is 38.7 Å². The number of thioether (sulfide) groups is 1. The zero-order chi connectivity index (χ0) is 18.6. The van der Waals surface area contributed by atoms with Crippen molar-refractivity contribution in [2.75, 3.05) is 11.9 Å². The number of carbonyl (C=O) groups excluding carboxylic acids is 1. The molecule has 3 aromatic rings. The van der Waals surface area contributed by atoms with E-state index in [1.807, 2.05) is 23.7 Å². The lowest BCUT2D eigenvalue weighted by atomic mass is 10.1. The minimum atomic E-state index is -0.276. The first-order valence-corrected chi connectivity index (χ1v) is 9.54. The predicted molar refractivity (Wildman–Crippen MR) is 105 cm³/mol. The monoisotopic (exact) mass is 383 g/mol. The predicted octanol–water partition coefficient (Wildman–Crippen LogP) is 2.87. The molecule has 6 nitrogen and oxygen atoms in total. The molecule has 1 aromatic carbocycles. The molecule has 2 unspecified atom stereocenters. The molecule has 0 spiro atoms. The number of anilines is 1. The maximum absolute atomic E-state index is 12.9. The van der Waals surface area contributed by atoms with E-state index in [0.29, 0.717) is 18.8 Å². The van der Waals surface area contributed by atoms with Gasteiger partial charge in [0, 0.05) is 12.7 Å². The lowest BCUT2D eigenvalue weighted by Gasteiger charge is -2.20. The highest BCUT2D eigenvalue weighted by atomic mass is 32.2. The Hall–Kier alpha value is -2.87. The van der Waals surface area contributed by atoms with Crippen molar-refractivity contribution in [3.8, 4) is 0 Å². The van der Waals surface area contributed by atoms with E-state index in [2.05, 4.69) is 25.6 Å². The molecule has 0 bridgehead atoms. The van der Waals surface area contributed by atoms with Crippen LogP contribution in [0.3, 0.4) is 0 Å². The third-order valence-corrected chi connectivity index (χ3v) is 5.49. The number of amides is 1. The summed E-state index contributed by atoms with van der Waals surface area (Å²) in [6.45, 7) is 0.504. The topological polar surface area (TPSA) is 82.7 Å². The van der Waals surface area contributed by atoms with Crippen LogP contribution in [0, 0.1) is 5.82 Å². The van der Waals surface area contributed by atoms with Gasteiger partial charge in [-0.05, 0) is 35.6 Å². The van der Waals surface area contributed by atoms with Crippen molar-refractivity contribution in [1.82, 2.24) is 20.3 Å². The molecule has 4 rings (SSSR count). The van der Waals surface area contributed by atoms with E-state index in [0.717, 1.165) is 16.6 Å².